The lowest BCUT2D eigenvalue weighted by molar-refractivity contribution is 0.0953. The van der Waals surface area contributed by atoms with Gasteiger partial charge in [0.2, 0.25) is 20.0 Å². The molecule has 0 atom stereocenters. The van der Waals surface area contributed by atoms with E-state index in [9.17, 15) is 21.6 Å². The molecule has 2 rings (SSSR count). The molecule has 29 heavy (non-hydrogen) atoms. The van der Waals surface area contributed by atoms with Gasteiger partial charge in [0.15, 0.2) is 0 Å². The fraction of sp³-hybridized carbons (Fsp3) is 0.278. The molecule has 11 heteroatoms. The van der Waals surface area contributed by atoms with E-state index in [1.54, 1.807) is 26.0 Å². The molecule has 0 heterocycles. The average molecular weight is 460 g/mol. The number of benzene rings is 2. The number of halogens is 1. The number of amides is 1. The third kappa shape index (κ3) is 6.25. The van der Waals surface area contributed by atoms with Crippen LogP contribution in [0.15, 0.2) is 52.3 Å². The van der Waals surface area contributed by atoms with E-state index >= 15 is 0 Å². The predicted molar refractivity (Wildman–Crippen MR) is 111 cm³/mol. The first-order chi connectivity index (χ1) is 13.6. The maximum atomic E-state index is 12.4. The van der Waals surface area contributed by atoms with E-state index < -0.39 is 26.0 Å². The summed E-state index contributed by atoms with van der Waals surface area (Å²) in [5.74, 6) is -0.502. The number of aryl methyl sites for hydroxylation is 1. The van der Waals surface area contributed by atoms with Crippen LogP contribution in [0.25, 0.3) is 0 Å². The molecule has 1 amide bonds. The van der Waals surface area contributed by atoms with Crippen LogP contribution in [0.1, 0.15) is 22.8 Å². The highest BCUT2D eigenvalue weighted by atomic mass is 35.5. The molecule has 3 N–H and O–H groups in total. The van der Waals surface area contributed by atoms with Crippen LogP contribution < -0.4 is 14.8 Å². The zero-order valence-corrected chi connectivity index (χ0v) is 18.3. The van der Waals surface area contributed by atoms with Crippen molar-refractivity contribution < 1.29 is 21.6 Å². The second-order valence-electron chi connectivity index (χ2n) is 6.09. The fourth-order valence-corrected chi connectivity index (χ4v) is 4.86. The van der Waals surface area contributed by atoms with Crippen molar-refractivity contribution in [2.45, 2.75) is 23.6 Å². The third-order valence-electron chi connectivity index (χ3n) is 3.91. The SMILES string of the molecule is CCNS(=O)(=O)c1ccc(C)c(C(=O)NCCNS(=O)(=O)c2cccc(Cl)c2)c1. The molecule has 0 aliphatic rings. The van der Waals surface area contributed by atoms with Gasteiger partial charge in [0.05, 0.1) is 9.79 Å². The lowest BCUT2D eigenvalue weighted by Crippen LogP contribution is -2.35. The van der Waals surface area contributed by atoms with Crippen molar-refractivity contribution in [2.75, 3.05) is 19.6 Å². The number of hydrogen-bond donors (Lipinski definition) is 3. The van der Waals surface area contributed by atoms with Gasteiger partial charge in [0.1, 0.15) is 0 Å². The lowest BCUT2D eigenvalue weighted by Gasteiger charge is -2.11. The second kappa shape index (κ2) is 9.68. The van der Waals surface area contributed by atoms with Crippen molar-refractivity contribution in [3.63, 3.8) is 0 Å². The minimum atomic E-state index is -3.76. The van der Waals surface area contributed by atoms with Gasteiger partial charge in [-0.1, -0.05) is 30.7 Å². The highest BCUT2D eigenvalue weighted by Gasteiger charge is 2.18. The third-order valence-corrected chi connectivity index (χ3v) is 7.14. The highest BCUT2D eigenvalue weighted by molar-refractivity contribution is 7.89. The maximum absolute atomic E-state index is 12.4. The van der Waals surface area contributed by atoms with Crippen molar-refractivity contribution in [1.82, 2.24) is 14.8 Å². The van der Waals surface area contributed by atoms with Crippen LogP contribution >= 0.6 is 11.6 Å². The zero-order chi connectivity index (χ0) is 21.7. The van der Waals surface area contributed by atoms with Crippen LogP contribution in [0.5, 0.6) is 0 Å². The maximum Gasteiger partial charge on any atom is 0.251 e. The minimum absolute atomic E-state index is 0.0161. The van der Waals surface area contributed by atoms with Crippen molar-refractivity contribution in [1.29, 1.82) is 0 Å². The number of carbonyl (C=O) groups excluding carboxylic acids is 1. The Labute approximate surface area is 175 Å². The summed E-state index contributed by atoms with van der Waals surface area (Å²) < 4.78 is 53.4. The van der Waals surface area contributed by atoms with E-state index in [1.165, 1.54) is 30.3 Å². The molecule has 0 saturated carbocycles. The summed E-state index contributed by atoms with van der Waals surface area (Å²) in [6, 6.07) is 10.1. The molecule has 0 aliphatic carbocycles. The van der Waals surface area contributed by atoms with Crippen molar-refractivity contribution >= 4 is 37.6 Å². The van der Waals surface area contributed by atoms with Crippen LogP contribution in [0.2, 0.25) is 5.02 Å². The lowest BCUT2D eigenvalue weighted by atomic mass is 10.1. The summed E-state index contributed by atoms with van der Waals surface area (Å²) in [5, 5.41) is 2.87. The van der Waals surface area contributed by atoms with E-state index in [0.29, 0.717) is 10.6 Å². The van der Waals surface area contributed by atoms with E-state index in [4.69, 9.17) is 11.6 Å². The number of hydrogen-bond acceptors (Lipinski definition) is 5. The van der Waals surface area contributed by atoms with Crippen LogP contribution in [-0.4, -0.2) is 42.4 Å². The summed E-state index contributed by atoms with van der Waals surface area (Å²) >= 11 is 5.80. The molecule has 0 unspecified atom stereocenters. The Kier molecular flexibility index (Phi) is 7.78. The minimum Gasteiger partial charge on any atom is -0.351 e. The second-order valence-corrected chi connectivity index (χ2v) is 10.1. The van der Waals surface area contributed by atoms with Gasteiger partial charge in [0, 0.05) is 30.2 Å². The Morgan fingerprint density at radius 1 is 0.931 bits per heavy atom. The quantitative estimate of drug-likeness (QED) is 0.492. The largest absolute Gasteiger partial charge is 0.351 e. The first-order valence-electron chi connectivity index (χ1n) is 8.70. The molecule has 0 saturated heterocycles. The fourth-order valence-electron chi connectivity index (χ4n) is 2.46. The summed E-state index contributed by atoms with van der Waals surface area (Å²) in [5.41, 5.74) is 0.791. The zero-order valence-electron chi connectivity index (χ0n) is 15.9. The Balaban J connectivity index is 2.01. The molecule has 0 fully saturated rings. The van der Waals surface area contributed by atoms with Gasteiger partial charge in [-0.3, -0.25) is 4.79 Å². The molecular formula is C18H22ClN3O5S2. The van der Waals surface area contributed by atoms with Crippen molar-refractivity contribution in [3.05, 3.63) is 58.6 Å². The van der Waals surface area contributed by atoms with E-state index in [2.05, 4.69) is 14.8 Å². The topological polar surface area (TPSA) is 121 Å². The molecule has 2 aromatic rings. The van der Waals surface area contributed by atoms with E-state index in [1.807, 2.05) is 0 Å². The molecule has 0 spiro atoms. The van der Waals surface area contributed by atoms with Gasteiger partial charge >= 0.3 is 0 Å². The normalized spacial score (nSPS) is 12.0. The first kappa shape index (κ1) is 23.3. The summed E-state index contributed by atoms with van der Waals surface area (Å²) in [6.45, 7) is 3.53. The Bertz CT molecular complexity index is 1100. The van der Waals surface area contributed by atoms with Crippen LogP contribution in [-0.2, 0) is 20.0 Å². The van der Waals surface area contributed by atoms with Gasteiger partial charge in [-0.2, -0.15) is 0 Å². The molecule has 0 radical (unpaired) electrons. The highest BCUT2D eigenvalue weighted by Crippen LogP contribution is 2.16. The van der Waals surface area contributed by atoms with Gasteiger partial charge in [-0.05, 0) is 42.8 Å². The van der Waals surface area contributed by atoms with Gasteiger partial charge in [-0.15, -0.1) is 0 Å². The number of nitrogens with one attached hydrogen (secondary N) is 3. The van der Waals surface area contributed by atoms with Crippen LogP contribution in [0, 0.1) is 6.92 Å². The average Bonchev–Trinajstić information content (AvgIpc) is 2.65. The Hall–Kier alpha value is -1.98. The number of sulfonamides is 2. The van der Waals surface area contributed by atoms with Crippen molar-refractivity contribution in [3.8, 4) is 0 Å². The molecular weight excluding hydrogens is 438 g/mol. The smallest absolute Gasteiger partial charge is 0.251 e. The van der Waals surface area contributed by atoms with Crippen LogP contribution in [0.3, 0.4) is 0 Å². The van der Waals surface area contributed by atoms with E-state index in [-0.39, 0.29) is 35.0 Å². The molecule has 158 valence electrons. The van der Waals surface area contributed by atoms with Crippen LogP contribution in [0.4, 0.5) is 0 Å². The first-order valence-corrected chi connectivity index (χ1v) is 12.0. The van der Waals surface area contributed by atoms with Crippen molar-refractivity contribution in [2.24, 2.45) is 0 Å². The number of rotatable bonds is 9. The van der Waals surface area contributed by atoms with Gasteiger partial charge in [-0.25, -0.2) is 26.3 Å². The molecule has 0 aromatic heterocycles. The molecule has 2 aromatic carbocycles. The molecule has 0 bridgehead atoms. The predicted octanol–water partition coefficient (Wildman–Crippen LogP) is 1.65. The van der Waals surface area contributed by atoms with E-state index in [0.717, 1.165) is 0 Å². The number of carbonyl (C=O) groups is 1. The van der Waals surface area contributed by atoms with Gasteiger partial charge in [0.25, 0.3) is 5.91 Å². The summed E-state index contributed by atoms with van der Waals surface area (Å²) in [6.07, 6.45) is 0. The van der Waals surface area contributed by atoms with Gasteiger partial charge < -0.3 is 5.32 Å². The molecule has 8 nitrogen and oxygen atoms in total. The Morgan fingerprint density at radius 2 is 1.59 bits per heavy atom. The standard InChI is InChI=1S/C18H22ClN3O5S2/c1-3-21-28(24,25)16-8-7-13(2)17(12-16)18(23)20-9-10-22-29(26,27)15-6-4-5-14(19)11-15/h4-8,11-12,21-22H,3,9-10H2,1-2H3,(H,20,23). The monoisotopic (exact) mass is 459 g/mol. The molecule has 0 aliphatic heterocycles. The summed E-state index contributed by atoms with van der Waals surface area (Å²) in [4.78, 5) is 12.4. The Morgan fingerprint density at radius 3 is 2.24 bits per heavy atom. The summed E-state index contributed by atoms with van der Waals surface area (Å²) in [7, 11) is -7.45.